The smallest absolute Gasteiger partial charge is 0.150 e. The molecule has 5 heteroatoms. The Balaban J connectivity index is 2.43. The molecule has 0 amide bonds. The molecule has 1 aliphatic rings. The Bertz CT molecular complexity index is 289. The first-order chi connectivity index (χ1) is 6.96. The molecule has 0 bridgehead atoms. The Morgan fingerprint density at radius 2 is 2.20 bits per heavy atom. The molecule has 3 atom stereocenters. The van der Waals surface area contributed by atoms with E-state index in [1.54, 1.807) is 7.11 Å². The molecule has 1 saturated heterocycles. The minimum absolute atomic E-state index is 0.0163. The second kappa shape index (κ2) is 5.27. The van der Waals surface area contributed by atoms with Gasteiger partial charge in [0.15, 0.2) is 9.84 Å². The Hall–Kier alpha value is -0.130. The molecule has 1 fully saturated rings. The van der Waals surface area contributed by atoms with E-state index in [2.05, 4.69) is 6.92 Å². The second-order valence-corrected chi connectivity index (χ2v) is 6.73. The molecule has 1 rings (SSSR count). The van der Waals surface area contributed by atoms with Crippen molar-refractivity contribution in [2.24, 2.45) is 17.6 Å². The summed E-state index contributed by atoms with van der Waals surface area (Å²) >= 11 is 0. The second-order valence-electron chi connectivity index (χ2n) is 4.50. The third kappa shape index (κ3) is 3.74. The lowest BCUT2D eigenvalue weighted by molar-refractivity contribution is 0.168. The molecule has 0 aromatic carbocycles. The largest absolute Gasteiger partial charge is 0.385 e. The van der Waals surface area contributed by atoms with E-state index in [0.717, 1.165) is 12.8 Å². The minimum Gasteiger partial charge on any atom is -0.385 e. The van der Waals surface area contributed by atoms with Gasteiger partial charge in [-0.15, -0.1) is 0 Å². The van der Waals surface area contributed by atoms with Crippen molar-refractivity contribution in [2.75, 3.05) is 25.2 Å². The van der Waals surface area contributed by atoms with Crippen molar-refractivity contribution >= 4 is 9.84 Å². The SMILES string of the molecule is COCCC(C)C(N)C1CCS(=O)(=O)C1. The van der Waals surface area contributed by atoms with Crippen LogP contribution in [-0.4, -0.2) is 39.7 Å². The molecule has 3 unspecified atom stereocenters. The molecule has 1 heterocycles. The summed E-state index contributed by atoms with van der Waals surface area (Å²) < 4.78 is 27.6. The number of methoxy groups -OCH3 is 1. The van der Waals surface area contributed by atoms with E-state index in [1.165, 1.54) is 0 Å². The maximum atomic E-state index is 11.3. The summed E-state index contributed by atoms with van der Waals surface area (Å²) in [4.78, 5) is 0. The summed E-state index contributed by atoms with van der Waals surface area (Å²) in [6.45, 7) is 2.75. The Morgan fingerprint density at radius 1 is 1.53 bits per heavy atom. The van der Waals surface area contributed by atoms with Gasteiger partial charge in [-0.1, -0.05) is 6.92 Å². The Kier molecular flexibility index (Phi) is 4.55. The van der Waals surface area contributed by atoms with Gasteiger partial charge in [-0.3, -0.25) is 0 Å². The minimum atomic E-state index is -2.81. The third-order valence-corrected chi connectivity index (χ3v) is 5.04. The molecule has 0 aromatic heterocycles. The van der Waals surface area contributed by atoms with Gasteiger partial charge in [0, 0.05) is 19.8 Å². The molecular weight excluding hydrogens is 214 g/mol. The zero-order valence-corrected chi connectivity index (χ0v) is 10.3. The van der Waals surface area contributed by atoms with Gasteiger partial charge in [0.05, 0.1) is 11.5 Å². The van der Waals surface area contributed by atoms with Gasteiger partial charge in [-0.2, -0.15) is 0 Å². The molecule has 4 nitrogen and oxygen atoms in total. The molecule has 0 spiro atoms. The Labute approximate surface area is 92.1 Å². The van der Waals surface area contributed by atoms with Crippen molar-refractivity contribution in [3.8, 4) is 0 Å². The van der Waals surface area contributed by atoms with Gasteiger partial charge in [-0.25, -0.2) is 8.42 Å². The number of sulfone groups is 1. The summed E-state index contributed by atoms with van der Waals surface area (Å²) in [5.74, 6) is 1.04. The highest BCUT2D eigenvalue weighted by Crippen LogP contribution is 2.25. The number of hydrogen-bond acceptors (Lipinski definition) is 4. The fraction of sp³-hybridized carbons (Fsp3) is 1.00. The molecule has 0 aliphatic carbocycles. The van der Waals surface area contributed by atoms with E-state index in [0.29, 0.717) is 18.3 Å². The van der Waals surface area contributed by atoms with Crippen molar-refractivity contribution in [3.63, 3.8) is 0 Å². The first kappa shape index (κ1) is 12.9. The number of ether oxygens (including phenoxy) is 1. The Morgan fingerprint density at radius 3 is 2.67 bits per heavy atom. The maximum absolute atomic E-state index is 11.3. The van der Waals surface area contributed by atoms with Crippen LogP contribution in [0.2, 0.25) is 0 Å². The number of hydrogen-bond donors (Lipinski definition) is 1. The molecule has 2 N–H and O–H groups in total. The summed E-state index contributed by atoms with van der Waals surface area (Å²) in [5.41, 5.74) is 6.06. The van der Waals surface area contributed by atoms with Crippen LogP contribution in [0.15, 0.2) is 0 Å². The van der Waals surface area contributed by atoms with Crippen molar-refractivity contribution in [1.82, 2.24) is 0 Å². The fourth-order valence-corrected chi connectivity index (χ4v) is 3.96. The predicted molar refractivity (Wildman–Crippen MR) is 60.4 cm³/mol. The van der Waals surface area contributed by atoms with E-state index in [-0.39, 0.29) is 17.7 Å². The highest BCUT2D eigenvalue weighted by molar-refractivity contribution is 7.91. The quantitative estimate of drug-likeness (QED) is 0.750. The van der Waals surface area contributed by atoms with Crippen molar-refractivity contribution < 1.29 is 13.2 Å². The van der Waals surface area contributed by atoms with E-state index >= 15 is 0 Å². The average Bonchev–Trinajstić information content (AvgIpc) is 2.54. The molecule has 15 heavy (non-hydrogen) atoms. The lowest BCUT2D eigenvalue weighted by Crippen LogP contribution is -2.37. The van der Waals surface area contributed by atoms with Crippen LogP contribution in [0.25, 0.3) is 0 Å². The zero-order chi connectivity index (χ0) is 11.5. The van der Waals surface area contributed by atoms with Crippen LogP contribution in [-0.2, 0) is 14.6 Å². The van der Waals surface area contributed by atoms with Crippen LogP contribution in [0.1, 0.15) is 19.8 Å². The molecule has 0 aromatic rings. The maximum Gasteiger partial charge on any atom is 0.150 e. The van der Waals surface area contributed by atoms with Crippen LogP contribution < -0.4 is 5.73 Å². The van der Waals surface area contributed by atoms with E-state index in [4.69, 9.17) is 10.5 Å². The van der Waals surface area contributed by atoms with Crippen molar-refractivity contribution in [1.29, 1.82) is 0 Å². The van der Waals surface area contributed by atoms with Crippen LogP contribution in [0.4, 0.5) is 0 Å². The van der Waals surface area contributed by atoms with Crippen molar-refractivity contribution in [3.05, 3.63) is 0 Å². The van der Waals surface area contributed by atoms with Crippen LogP contribution >= 0.6 is 0 Å². The number of rotatable bonds is 5. The van der Waals surface area contributed by atoms with Gasteiger partial charge in [0.25, 0.3) is 0 Å². The highest BCUT2D eigenvalue weighted by atomic mass is 32.2. The summed E-state index contributed by atoms with van der Waals surface area (Å²) in [6, 6.07) is -0.0163. The molecule has 0 saturated carbocycles. The summed E-state index contributed by atoms with van der Waals surface area (Å²) in [7, 11) is -1.14. The monoisotopic (exact) mass is 235 g/mol. The van der Waals surface area contributed by atoms with E-state index in [1.807, 2.05) is 0 Å². The topological polar surface area (TPSA) is 69.4 Å². The van der Waals surface area contributed by atoms with Crippen LogP contribution in [0, 0.1) is 11.8 Å². The molecule has 0 radical (unpaired) electrons. The van der Waals surface area contributed by atoms with Gasteiger partial charge < -0.3 is 10.5 Å². The van der Waals surface area contributed by atoms with E-state index < -0.39 is 9.84 Å². The first-order valence-corrected chi connectivity index (χ1v) is 7.23. The molecule has 90 valence electrons. The lowest BCUT2D eigenvalue weighted by Gasteiger charge is -2.24. The van der Waals surface area contributed by atoms with Crippen LogP contribution in [0.5, 0.6) is 0 Å². The van der Waals surface area contributed by atoms with E-state index in [9.17, 15) is 8.42 Å². The van der Waals surface area contributed by atoms with Gasteiger partial charge in [0.2, 0.25) is 0 Å². The average molecular weight is 235 g/mol. The van der Waals surface area contributed by atoms with Gasteiger partial charge in [-0.05, 0) is 24.7 Å². The predicted octanol–water partition coefficient (Wildman–Crippen LogP) is 0.421. The fourth-order valence-electron chi connectivity index (χ4n) is 2.09. The summed E-state index contributed by atoms with van der Waals surface area (Å²) in [5, 5.41) is 0. The normalized spacial score (nSPS) is 28.9. The molecule has 1 aliphatic heterocycles. The first-order valence-electron chi connectivity index (χ1n) is 5.41. The highest BCUT2D eigenvalue weighted by Gasteiger charge is 2.33. The third-order valence-electron chi connectivity index (χ3n) is 3.25. The van der Waals surface area contributed by atoms with Crippen LogP contribution in [0.3, 0.4) is 0 Å². The van der Waals surface area contributed by atoms with Gasteiger partial charge in [0.1, 0.15) is 0 Å². The van der Waals surface area contributed by atoms with Crippen molar-refractivity contribution in [2.45, 2.75) is 25.8 Å². The zero-order valence-electron chi connectivity index (χ0n) is 9.48. The van der Waals surface area contributed by atoms with Gasteiger partial charge >= 0.3 is 0 Å². The lowest BCUT2D eigenvalue weighted by atomic mass is 9.88. The molecular formula is C10H21NO3S. The number of nitrogens with two attached hydrogens (primary N) is 1. The summed E-state index contributed by atoms with van der Waals surface area (Å²) in [6.07, 6.45) is 1.62. The standard InChI is InChI=1S/C10H21NO3S/c1-8(3-5-14-2)10(11)9-4-6-15(12,13)7-9/h8-10H,3-7,11H2,1-2H3.